The highest BCUT2D eigenvalue weighted by Crippen LogP contribution is 2.13. The van der Waals surface area contributed by atoms with Crippen molar-refractivity contribution in [2.24, 2.45) is 0 Å². The lowest BCUT2D eigenvalue weighted by Gasteiger charge is -2.18. The van der Waals surface area contributed by atoms with Crippen LogP contribution < -0.4 is 0 Å². The summed E-state index contributed by atoms with van der Waals surface area (Å²) in [4.78, 5) is 37.6. The molecule has 0 bridgehead atoms. The van der Waals surface area contributed by atoms with E-state index in [0.29, 0.717) is 19.3 Å². The summed E-state index contributed by atoms with van der Waals surface area (Å²) in [7, 11) is 0. The number of allylic oxidation sites excluding steroid dienone is 10. The third kappa shape index (κ3) is 40.1. The van der Waals surface area contributed by atoms with Gasteiger partial charge in [0.1, 0.15) is 13.2 Å². The quantitative estimate of drug-likeness (QED) is 0.0271. The normalized spacial score (nSPS) is 12.6. The molecule has 0 aromatic rings. The fourth-order valence-electron chi connectivity index (χ4n) is 5.79. The number of hydrogen-bond donors (Lipinski definition) is 0. The molecule has 0 amide bonds. The standard InChI is InChI=1S/C47H80O6/c1-4-7-10-13-16-19-22-25-28-31-34-37-40-46(49)52-43-44(42-51-45(48)39-36-33-30-27-24-21-18-15-12-9-6-3)53-47(50)41-38-35-32-29-26-23-20-17-14-11-8-5-2/h7-8,10-11,16-17,19-20,25,28,44H,4-6,9,12-15,18,21-24,26-27,29-43H2,1-3H3/b10-7-,11-8-,19-16-,20-17-,28-25-. The van der Waals surface area contributed by atoms with Crippen LogP contribution in [0.25, 0.3) is 0 Å². The second-order valence-electron chi connectivity index (χ2n) is 14.2. The van der Waals surface area contributed by atoms with E-state index in [9.17, 15) is 14.4 Å². The lowest BCUT2D eigenvalue weighted by molar-refractivity contribution is -0.167. The monoisotopic (exact) mass is 741 g/mol. The van der Waals surface area contributed by atoms with Gasteiger partial charge in [-0.2, -0.15) is 0 Å². The number of hydrogen-bond acceptors (Lipinski definition) is 6. The molecule has 0 saturated carbocycles. The minimum absolute atomic E-state index is 0.0915. The molecule has 0 rings (SSSR count). The molecule has 0 N–H and O–H groups in total. The molecule has 0 heterocycles. The number of rotatable bonds is 38. The smallest absolute Gasteiger partial charge is 0.306 e. The van der Waals surface area contributed by atoms with E-state index in [1.54, 1.807) is 0 Å². The number of unbranched alkanes of at least 4 members (excludes halogenated alkanes) is 17. The van der Waals surface area contributed by atoms with E-state index in [4.69, 9.17) is 14.2 Å². The zero-order chi connectivity index (χ0) is 38.7. The van der Waals surface area contributed by atoms with Crippen LogP contribution in [0.2, 0.25) is 0 Å². The maximum atomic E-state index is 12.7. The Morgan fingerprint density at radius 2 is 0.736 bits per heavy atom. The summed E-state index contributed by atoms with van der Waals surface area (Å²) in [5.41, 5.74) is 0. The highest BCUT2D eigenvalue weighted by Gasteiger charge is 2.19. The molecule has 0 saturated heterocycles. The fraction of sp³-hybridized carbons (Fsp3) is 0.723. The van der Waals surface area contributed by atoms with Crippen molar-refractivity contribution in [1.29, 1.82) is 0 Å². The van der Waals surface area contributed by atoms with Crippen LogP contribution in [0.1, 0.15) is 201 Å². The van der Waals surface area contributed by atoms with Crippen LogP contribution in [0.4, 0.5) is 0 Å². The molecule has 0 aliphatic heterocycles. The van der Waals surface area contributed by atoms with Crippen molar-refractivity contribution in [3.05, 3.63) is 60.8 Å². The van der Waals surface area contributed by atoms with E-state index in [1.807, 2.05) is 0 Å². The molecule has 0 spiro atoms. The Morgan fingerprint density at radius 1 is 0.396 bits per heavy atom. The van der Waals surface area contributed by atoms with Gasteiger partial charge in [0.25, 0.3) is 0 Å². The number of carbonyl (C=O) groups excluding carboxylic acids is 3. The molecular weight excluding hydrogens is 661 g/mol. The van der Waals surface area contributed by atoms with Crippen molar-refractivity contribution in [3.8, 4) is 0 Å². The van der Waals surface area contributed by atoms with E-state index in [0.717, 1.165) is 109 Å². The van der Waals surface area contributed by atoms with Crippen LogP contribution in [-0.2, 0) is 28.6 Å². The van der Waals surface area contributed by atoms with Gasteiger partial charge in [0.15, 0.2) is 6.10 Å². The number of carbonyl (C=O) groups is 3. The van der Waals surface area contributed by atoms with E-state index in [2.05, 4.69) is 81.5 Å². The van der Waals surface area contributed by atoms with E-state index < -0.39 is 6.10 Å². The molecule has 1 unspecified atom stereocenters. The van der Waals surface area contributed by atoms with E-state index in [-0.39, 0.29) is 31.1 Å². The molecule has 0 aliphatic carbocycles. The largest absolute Gasteiger partial charge is 0.462 e. The predicted octanol–water partition coefficient (Wildman–Crippen LogP) is 13.7. The molecule has 0 radical (unpaired) electrons. The van der Waals surface area contributed by atoms with Crippen molar-refractivity contribution in [3.63, 3.8) is 0 Å². The molecule has 6 nitrogen and oxygen atoms in total. The molecule has 6 heteroatoms. The van der Waals surface area contributed by atoms with Crippen molar-refractivity contribution in [1.82, 2.24) is 0 Å². The summed E-state index contributed by atoms with van der Waals surface area (Å²) in [6, 6.07) is 0. The third-order valence-electron chi connectivity index (χ3n) is 9.02. The summed E-state index contributed by atoms with van der Waals surface area (Å²) >= 11 is 0. The van der Waals surface area contributed by atoms with Gasteiger partial charge in [0, 0.05) is 19.3 Å². The molecule has 0 aromatic carbocycles. The Bertz CT molecular complexity index is 991. The van der Waals surface area contributed by atoms with Crippen LogP contribution in [0.3, 0.4) is 0 Å². The molecule has 53 heavy (non-hydrogen) atoms. The van der Waals surface area contributed by atoms with Gasteiger partial charge < -0.3 is 14.2 Å². The Labute approximate surface area is 326 Å². The summed E-state index contributed by atoms with van der Waals surface area (Å²) in [6.07, 6.45) is 49.2. The van der Waals surface area contributed by atoms with Gasteiger partial charge in [0.05, 0.1) is 0 Å². The lowest BCUT2D eigenvalue weighted by atomic mass is 10.1. The van der Waals surface area contributed by atoms with Gasteiger partial charge in [-0.1, -0.05) is 165 Å². The molecule has 0 fully saturated rings. The Morgan fingerprint density at radius 3 is 1.19 bits per heavy atom. The average Bonchev–Trinajstić information content (AvgIpc) is 3.15. The first-order valence-electron chi connectivity index (χ1n) is 21.8. The average molecular weight is 741 g/mol. The molecular formula is C47H80O6. The zero-order valence-electron chi connectivity index (χ0n) is 34.5. The van der Waals surface area contributed by atoms with Crippen LogP contribution in [-0.4, -0.2) is 37.2 Å². The lowest BCUT2D eigenvalue weighted by Crippen LogP contribution is -2.30. The van der Waals surface area contributed by atoms with Crippen molar-refractivity contribution < 1.29 is 28.6 Å². The van der Waals surface area contributed by atoms with Gasteiger partial charge >= 0.3 is 17.9 Å². The minimum Gasteiger partial charge on any atom is -0.462 e. The van der Waals surface area contributed by atoms with Gasteiger partial charge in [-0.25, -0.2) is 0 Å². The zero-order valence-corrected chi connectivity index (χ0v) is 34.5. The van der Waals surface area contributed by atoms with Gasteiger partial charge in [-0.05, 0) is 77.0 Å². The van der Waals surface area contributed by atoms with Gasteiger partial charge in [-0.15, -0.1) is 0 Å². The first kappa shape index (κ1) is 50.1. The first-order chi connectivity index (χ1) is 26.0. The molecule has 304 valence electrons. The molecule has 0 aliphatic rings. The molecule has 1 atom stereocenters. The maximum absolute atomic E-state index is 12.7. The third-order valence-corrected chi connectivity index (χ3v) is 9.02. The molecule has 0 aromatic heterocycles. The van der Waals surface area contributed by atoms with Crippen molar-refractivity contribution in [2.75, 3.05) is 13.2 Å². The Hall–Kier alpha value is -2.89. The SMILES string of the molecule is CC/C=C\C/C=C\C/C=C\CCCCC(=O)OCC(COC(=O)CCCCCCCCCCCCC)OC(=O)CCCCCCC/C=C\C/C=C\CC. The number of esters is 3. The van der Waals surface area contributed by atoms with E-state index in [1.165, 1.54) is 51.4 Å². The fourth-order valence-corrected chi connectivity index (χ4v) is 5.79. The Kier molecular flexibility index (Phi) is 39.6. The van der Waals surface area contributed by atoms with Gasteiger partial charge in [-0.3, -0.25) is 14.4 Å². The van der Waals surface area contributed by atoms with Crippen LogP contribution in [0.15, 0.2) is 60.8 Å². The van der Waals surface area contributed by atoms with Crippen LogP contribution in [0, 0.1) is 0 Å². The van der Waals surface area contributed by atoms with Crippen LogP contribution in [0.5, 0.6) is 0 Å². The second kappa shape index (κ2) is 41.9. The summed E-state index contributed by atoms with van der Waals surface area (Å²) in [5.74, 6) is -0.954. The summed E-state index contributed by atoms with van der Waals surface area (Å²) in [5, 5.41) is 0. The van der Waals surface area contributed by atoms with Crippen LogP contribution >= 0.6 is 0 Å². The predicted molar refractivity (Wildman–Crippen MR) is 224 cm³/mol. The highest BCUT2D eigenvalue weighted by atomic mass is 16.6. The van der Waals surface area contributed by atoms with Crippen molar-refractivity contribution in [2.45, 2.75) is 207 Å². The second-order valence-corrected chi connectivity index (χ2v) is 14.2. The van der Waals surface area contributed by atoms with E-state index >= 15 is 0 Å². The topological polar surface area (TPSA) is 78.9 Å². The first-order valence-corrected chi connectivity index (χ1v) is 21.8. The number of ether oxygens (including phenoxy) is 3. The summed E-state index contributed by atoms with van der Waals surface area (Å²) < 4.78 is 16.6. The van der Waals surface area contributed by atoms with Crippen molar-refractivity contribution >= 4 is 17.9 Å². The summed E-state index contributed by atoms with van der Waals surface area (Å²) in [6.45, 7) is 6.33. The Balaban J connectivity index is 4.46. The highest BCUT2D eigenvalue weighted by molar-refractivity contribution is 5.71. The van der Waals surface area contributed by atoms with Gasteiger partial charge in [0.2, 0.25) is 0 Å². The minimum atomic E-state index is -0.792. The maximum Gasteiger partial charge on any atom is 0.306 e.